The number of aliphatic hydroxyl groups is 1. The first kappa shape index (κ1) is 25.9. The number of carboxylic acid groups (broad SMARTS) is 1. The summed E-state index contributed by atoms with van der Waals surface area (Å²) in [5, 5.41) is 19.0. The average molecular weight is 389 g/mol. The third kappa shape index (κ3) is 18.0. The summed E-state index contributed by atoms with van der Waals surface area (Å²) in [7, 11) is 5.75. The zero-order valence-electron chi connectivity index (χ0n) is 17.9. The lowest BCUT2D eigenvalue weighted by Crippen LogP contribution is -2.44. The summed E-state index contributed by atoms with van der Waals surface area (Å²) >= 11 is 0. The quantitative estimate of drug-likeness (QED) is 0.225. The van der Waals surface area contributed by atoms with E-state index >= 15 is 0 Å². The van der Waals surface area contributed by atoms with Crippen LogP contribution in [0.1, 0.15) is 84.0 Å². The molecule has 0 bridgehead atoms. The number of nitrogens with zero attached hydrogens (tertiary/aromatic N) is 1. The number of rotatable bonds is 17. The molecule has 0 rings (SSSR count). The molecule has 0 aromatic carbocycles. The Balaban J connectivity index is 3.93. The van der Waals surface area contributed by atoms with Crippen molar-refractivity contribution in [3.8, 4) is 0 Å². The lowest BCUT2D eigenvalue weighted by molar-refractivity contribution is -0.873. The van der Waals surface area contributed by atoms with Gasteiger partial charge in [-0.1, -0.05) is 64.7 Å². The van der Waals surface area contributed by atoms with Crippen LogP contribution < -0.4 is 0 Å². The van der Waals surface area contributed by atoms with Gasteiger partial charge in [-0.15, -0.1) is 0 Å². The Kier molecular flexibility index (Phi) is 14.2. The molecule has 0 amide bonds. The average Bonchev–Trinajstić information content (AvgIpc) is 2.50. The van der Waals surface area contributed by atoms with Gasteiger partial charge in [-0.05, 0) is 6.42 Å². The van der Waals surface area contributed by atoms with Crippen molar-refractivity contribution in [2.75, 3.05) is 27.7 Å². The molecule has 0 aromatic heterocycles. The number of likely N-dealkylation sites (N-methyl/N-ethyl adjacent to an activating group) is 1. The smallest absolute Gasteiger partial charge is 0.308 e. The predicted octanol–water partition coefficient (Wildman–Crippen LogP) is 3.75. The summed E-state index contributed by atoms with van der Waals surface area (Å²) in [4.78, 5) is 23.0. The molecule has 0 saturated heterocycles. The largest absolute Gasteiger partial charge is 0.481 e. The first-order valence-corrected chi connectivity index (χ1v) is 10.5. The maximum Gasteiger partial charge on any atom is 0.308 e. The van der Waals surface area contributed by atoms with Crippen molar-refractivity contribution in [1.82, 2.24) is 0 Å². The molecule has 0 saturated carbocycles. The fraction of sp³-hybridized carbons (Fsp3) is 0.905. The Morgan fingerprint density at radius 1 is 0.889 bits per heavy atom. The van der Waals surface area contributed by atoms with Crippen LogP contribution in [0.4, 0.5) is 0 Å². The third-order valence-electron chi connectivity index (χ3n) is 4.49. The van der Waals surface area contributed by atoms with Gasteiger partial charge in [0, 0.05) is 0 Å². The van der Waals surface area contributed by atoms with Crippen molar-refractivity contribution >= 4 is 11.9 Å². The lowest BCUT2D eigenvalue weighted by atomic mass is 10.0. The number of aliphatic carboxylic acids is 1. The second-order valence-electron chi connectivity index (χ2n) is 8.66. The Bertz CT molecular complexity index is 406. The molecule has 0 heterocycles. The summed E-state index contributed by atoms with van der Waals surface area (Å²) in [6.07, 6.45) is 9.83. The number of unbranched alkanes of at least 4 members (excludes halogenated alkanes) is 8. The van der Waals surface area contributed by atoms with Crippen molar-refractivity contribution in [2.24, 2.45) is 0 Å². The molecule has 2 atom stereocenters. The Morgan fingerprint density at radius 3 is 1.89 bits per heavy atom. The van der Waals surface area contributed by atoms with E-state index in [1.807, 2.05) is 21.1 Å². The molecular weight excluding hydrogens is 346 g/mol. The van der Waals surface area contributed by atoms with Gasteiger partial charge in [0.15, 0.2) is 6.10 Å². The highest BCUT2D eigenvalue weighted by molar-refractivity contribution is 5.71. The molecule has 2 N–H and O–H groups in total. The Labute approximate surface area is 165 Å². The van der Waals surface area contributed by atoms with Crippen molar-refractivity contribution in [2.45, 2.75) is 96.2 Å². The van der Waals surface area contributed by atoms with Crippen LogP contribution in [0, 0.1) is 0 Å². The maximum absolute atomic E-state index is 12.0. The minimum Gasteiger partial charge on any atom is -0.481 e. The molecule has 0 spiro atoms. The molecule has 160 valence electrons. The molecule has 0 aromatic rings. The fourth-order valence-electron chi connectivity index (χ4n) is 3.17. The molecule has 0 aliphatic rings. The topological polar surface area (TPSA) is 83.8 Å². The van der Waals surface area contributed by atoms with Gasteiger partial charge in [0.25, 0.3) is 0 Å². The molecule has 0 fully saturated rings. The van der Waals surface area contributed by atoms with Crippen LogP contribution in [0.3, 0.4) is 0 Å². The second-order valence-corrected chi connectivity index (χ2v) is 8.66. The van der Waals surface area contributed by atoms with Gasteiger partial charge in [0.1, 0.15) is 6.54 Å². The third-order valence-corrected chi connectivity index (χ3v) is 4.49. The van der Waals surface area contributed by atoms with Gasteiger partial charge in [-0.25, -0.2) is 0 Å². The number of carboxylic acids is 1. The van der Waals surface area contributed by atoms with Crippen LogP contribution in [-0.4, -0.2) is 66.5 Å². The van der Waals surface area contributed by atoms with E-state index in [9.17, 15) is 14.7 Å². The van der Waals surface area contributed by atoms with Crippen molar-refractivity contribution in [3.63, 3.8) is 0 Å². The summed E-state index contributed by atoms with van der Waals surface area (Å²) in [5.41, 5.74) is 0. The Hall–Kier alpha value is -1.14. The molecule has 27 heavy (non-hydrogen) atoms. The second kappa shape index (κ2) is 14.9. The van der Waals surface area contributed by atoms with Crippen LogP contribution in [0.25, 0.3) is 0 Å². The first-order chi connectivity index (χ1) is 12.6. The highest BCUT2D eigenvalue weighted by atomic mass is 16.5. The number of carbonyl (C=O) groups is 2. The van der Waals surface area contributed by atoms with E-state index in [-0.39, 0.29) is 12.8 Å². The van der Waals surface area contributed by atoms with Gasteiger partial charge in [0.05, 0.1) is 40.1 Å². The molecular formula is C21H42NO5+. The number of hydrogen-bond acceptors (Lipinski definition) is 4. The van der Waals surface area contributed by atoms with E-state index in [1.165, 1.54) is 44.9 Å². The monoisotopic (exact) mass is 388 g/mol. The van der Waals surface area contributed by atoms with E-state index in [0.29, 0.717) is 17.4 Å². The lowest BCUT2D eigenvalue weighted by Gasteiger charge is -2.28. The predicted molar refractivity (Wildman–Crippen MR) is 108 cm³/mol. The zero-order valence-corrected chi connectivity index (χ0v) is 17.9. The SMILES string of the molecule is CCCCCCCCCCCC(O)CC(=O)OC(CC(=O)O)C[N+](C)(C)C. The maximum atomic E-state index is 12.0. The number of hydrogen-bond donors (Lipinski definition) is 2. The standard InChI is InChI=1S/C21H41NO5/c1-5-6-7-8-9-10-11-12-13-14-18(23)15-21(26)27-19(16-20(24)25)17-22(2,3)4/h18-19,23H,5-17H2,1-4H3/p+1. The first-order valence-electron chi connectivity index (χ1n) is 10.5. The van der Waals surface area contributed by atoms with E-state index < -0.39 is 24.1 Å². The van der Waals surface area contributed by atoms with Gasteiger partial charge in [-0.3, -0.25) is 9.59 Å². The minimum absolute atomic E-state index is 0.0652. The van der Waals surface area contributed by atoms with Crippen LogP contribution in [-0.2, 0) is 14.3 Å². The molecule has 2 unspecified atom stereocenters. The summed E-state index contributed by atoms with van der Waals surface area (Å²) in [6.45, 7) is 2.64. The fourth-order valence-corrected chi connectivity index (χ4v) is 3.17. The van der Waals surface area contributed by atoms with Crippen LogP contribution >= 0.6 is 0 Å². The van der Waals surface area contributed by atoms with Gasteiger partial charge in [-0.2, -0.15) is 0 Å². The number of aliphatic hydroxyl groups excluding tert-OH is 1. The molecule has 6 nitrogen and oxygen atoms in total. The molecule has 0 aliphatic carbocycles. The summed E-state index contributed by atoms with van der Waals surface area (Å²) < 4.78 is 5.81. The van der Waals surface area contributed by atoms with Crippen LogP contribution in [0.5, 0.6) is 0 Å². The van der Waals surface area contributed by atoms with Gasteiger partial charge in [0.2, 0.25) is 0 Å². The Morgan fingerprint density at radius 2 is 1.41 bits per heavy atom. The summed E-state index contributed by atoms with van der Waals surface area (Å²) in [6, 6.07) is 0. The van der Waals surface area contributed by atoms with Gasteiger partial charge >= 0.3 is 11.9 Å². The summed E-state index contributed by atoms with van der Waals surface area (Å²) in [5.74, 6) is -1.50. The van der Waals surface area contributed by atoms with Crippen LogP contribution in [0.15, 0.2) is 0 Å². The van der Waals surface area contributed by atoms with E-state index in [0.717, 1.165) is 12.8 Å². The number of quaternary nitrogens is 1. The van der Waals surface area contributed by atoms with Gasteiger partial charge < -0.3 is 19.4 Å². The van der Waals surface area contributed by atoms with E-state index in [2.05, 4.69) is 6.92 Å². The normalized spacial score (nSPS) is 14.0. The number of ether oxygens (including phenoxy) is 1. The van der Waals surface area contributed by atoms with Crippen molar-refractivity contribution in [3.05, 3.63) is 0 Å². The van der Waals surface area contributed by atoms with Crippen molar-refractivity contribution < 1.29 is 29.0 Å². The highest BCUT2D eigenvalue weighted by Gasteiger charge is 2.25. The van der Waals surface area contributed by atoms with E-state index in [1.54, 1.807) is 0 Å². The molecule has 6 heteroatoms. The molecule has 0 radical (unpaired) electrons. The van der Waals surface area contributed by atoms with Crippen LogP contribution in [0.2, 0.25) is 0 Å². The highest BCUT2D eigenvalue weighted by Crippen LogP contribution is 2.13. The number of carbonyl (C=O) groups excluding carboxylic acids is 1. The van der Waals surface area contributed by atoms with E-state index in [4.69, 9.17) is 9.84 Å². The van der Waals surface area contributed by atoms with Crippen molar-refractivity contribution in [1.29, 1.82) is 0 Å². The minimum atomic E-state index is -0.989. The number of esters is 1. The molecule has 0 aliphatic heterocycles. The zero-order chi connectivity index (χ0) is 20.7.